The zero-order chi connectivity index (χ0) is 15.2. The van der Waals surface area contributed by atoms with Crippen molar-refractivity contribution in [1.29, 1.82) is 0 Å². The lowest BCUT2D eigenvalue weighted by atomic mass is 10.3. The summed E-state index contributed by atoms with van der Waals surface area (Å²) in [6, 6.07) is 1.17. The Balaban J connectivity index is 2.97. The van der Waals surface area contributed by atoms with Crippen LogP contribution in [0, 0.1) is 0 Å². The zero-order valence-corrected chi connectivity index (χ0v) is 12.7. The van der Waals surface area contributed by atoms with Crippen molar-refractivity contribution >= 4 is 16.0 Å². The Hall–Kier alpha value is -1.34. The van der Waals surface area contributed by atoms with E-state index in [1.807, 2.05) is 13.8 Å². The number of carboxylic acid groups (broad SMARTS) is 1. The van der Waals surface area contributed by atoms with Gasteiger partial charge in [0.05, 0.1) is 0 Å². The fourth-order valence-corrected chi connectivity index (χ4v) is 3.33. The molecule has 20 heavy (non-hydrogen) atoms. The van der Waals surface area contributed by atoms with Gasteiger partial charge >= 0.3 is 5.97 Å². The van der Waals surface area contributed by atoms with Gasteiger partial charge in [0.25, 0.3) is 0 Å². The van der Waals surface area contributed by atoms with Gasteiger partial charge in [-0.05, 0) is 18.9 Å². The van der Waals surface area contributed by atoms with Crippen molar-refractivity contribution in [2.24, 2.45) is 0 Å². The molecule has 0 aromatic carbocycles. The molecule has 0 bridgehead atoms. The fraction of sp³-hybridized carbons (Fsp3) is 0.615. The number of aromatic carboxylic acids is 1. The van der Waals surface area contributed by atoms with Gasteiger partial charge in [-0.25, -0.2) is 13.2 Å². The van der Waals surface area contributed by atoms with Gasteiger partial charge in [-0.3, -0.25) is 0 Å². The smallest absolute Gasteiger partial charge is 0.352 e. The number of carbonyl (C=O) groups is 1. The van der Waals surface area contributed by atoms with E-state index in [0.717, 1.165) is 25.7 Å². The van der Waals surface area contributed by atoms with Gasteiger partial charge in [0.15, 0.2) is 0 Å². The zero-order valence-electron chi connectivity index (χ0n) is 11.9. The molecule has 1 aromatic rings. The van der Waals surface area contributed by atoms with E-state index in [1.54, 1.807) is 0 Å². The van der Waals surface area contributed by atoms with Crippen LogP contribution in [0.15, 0.2) is 17.2 Å². The summed E-state index contributed by atoms with van der Waals surface area (Å²) in [7, 11) is -3.62. The van der Waals surface area contributed by atoms with Gasteiger partial charge in [-0.2, -0.15) is 4.31 Å². The summed E-state index contributed by atoms with van der Waals surface area (Å²) in [5.41, 5.74) is -0.116. The van der Waals surface area contributed by atoms with Gasteiger partial charge in [0.2, 0.25) is 10.0 Å². The molecular formula is C13H22N2O4S. The van der Waals surface area contributed by atoms with Crippen molar-refractivity contribution in [3.05, 3.63) is 18.0 Å². The molecule has 0 atom stereocenters. The lowest BCUT2D eigenvalue weighted by Crippen LogP contribution is -2.32. The molecule has 1 aromatic heterocycles. The fourth-order valence-electron chi connectivity index (χ4n) is 1.82. The number of aromatic nitrogens is 1. The maximum atomic E-state index is 12.5. The second-order valence-electron chi connectivity index (χ2n) is 4.67. The summed E-state index contributed by atoms with van der Waals surface area (Å²) in [5, 5.41) is 8.85. The van der Waals surface area contributed by atoms with E-state index in [-0.39, 0.29) is 10.6 Å². The average Bonchev–Trinajstić information content (AvgIpc) is 2.89. The Labute approximate surface area is 119 Å². The molecule has 0 unspecified atom stereocenters. The molecule has 0 saturated heterocycles. The summed E-state index contributed by atoms with van der Waals surface area (Å²) in [6.07, 6.45) is 4.64. The first-order valence-corrected chi connectivity index (χ1v) is 8.29. The van der Waals surface area contributed by atoms with Crippen LogP contribution < -0.4 is 0 Å². The van der Waals surface area contributed by atoms with E-state index >= 15 is 0 Å². The monoisotopic (exact) mass is 302 g/mol. The molecule has 1 rings (SSSR count). The number of hydrogen-bond donors (Lipinski definition) is 2. The molecule has 0 aliphatic heterocycles. The highest BCUT2D eigenvalue weighted by atomic mass is 32.2. The number of aromatic amines is 1. The van der Waals surface area contributed by atoms with Gasteiger partial charge in [-0.15, -0.1) is 0 Å². The summed E-state index contributed by atoms with van der Waals surface area (Å²) in [6.45, 7) is 4.94. The molecule has 0 saturated carbocycles. The minimum absolute atomic E-state index is 0.0158. The molecule has 0 fully saturated rings. The van der Waals surface area contributed by atoms with Crippen molar-refractivity contribution in [2.45, 2.75) is 44.4 Å². The topological polar surface area (TPSA) is 90.5 Å². The van der Waals surface area contributed by atoms with Crippen LogP contribution in [0.25, 0.3) is 0 Å². The molecule has 6 nitrogen and oxygen atoms in total. The Bertz CT molecular complexity index is 528. The van der Waals surface area contributed by atoms with E-state index in [1.165, 1.54) is 16.6 Å². The van der Waals surface area contributed by atoms with Crippen molar-refractivity contribution in [2.75, 3.05) is 13.1 Å². The molecule has 2 N–H and O–H groups in total. The van der Waals surface area contributed by atoms with E-state index in [4.69, 9.17) is 5.11 Å². The molecule has 1 heterocycles. The van der Waals surface area contributed by atoms with Crippen LogP contribution in [-0.2, 0) is 10.0 Å². The summed E-state index contributed by atoms with van der Waals surface area (Å²) in [5.74, 6) is -1.17. The highest BCUT2D eigenvalue weighted by Crippen LogP contribution is 2.18. The first kappa shape index (κ1) is 16.7. The van der Waals surface area contributed by atoms with Crippen LogP contribution in [0.4, 0.5) is 0 Å². The molecular weight excluding hydrogens is 280 g/mol. The summed E-state index contributed by atoms with van der Waals surface area (Å²) >= 11 is 0. The Kier molecular flexibility index (Phi) is 6.22. The van der Waals surface area contributed by atoms with Crippen molar-refractivity contribution < 1.29 is 18.3 Å². The lowest BCUT2D eigenvalue weighted by molar-refractivity contribution is 0.0691. The Morgan fingerprint density at radius 3 is 2.20 bits per heavy atom. The van der Waals surface area contributed by atoms with Crippen LogP contribution >= 0.6 is 0 Å². The normalized spacial score (nSPS) is 11.9. The lowest BCUT2D eigenvalue weighted by Gasteiger charge is -2.21. The molecule has 114 valence electrons. The Morgan fingerprint density at radius 2 is 1.80 bits per heavy atom. The van der Waals surface area contributed by atoms with E-state index < -0.39 is 16.0 Å². The molecule has 0 aliphatic rings. The molecule has 0 spiro atoms. The number of sulfonamides is 1. The van der Waals surface area contributed by atoms with E-state index in [2.05, 4.69) is 4.98 Å². The number of nitrogens with zero attached hydrogens (tertiary/aromatic N) is 1. The number of H-pyrrole nitrogens is 1. The van der Waals surface area contributed by atoms with Crippen LogP contribution in [0.5, 0.6) is 0 Å². The third kappa shape index (κ3) is 4.08. The SMILES string of the molecule is CCCCN(CCCC)S(=O)(=O)c1c[nH]c(C(=O)O)c1. The van der Waals surface area contributed by atoms with Crippen LogP contribution in [0.2, 0.25) is 0 Å². The first-order valence-electron chi connectivity index (χ1n) is 6.85. The van der Waals surface area contributed by atoms with E-state index in [0.29, 0.717) is 13.1 Å². The molecule has 0 amide bonds. The van der Waals surface area contributed by atoms with Crippen molar-refractivity contribution in [3.8, 4) is 0 Å². The highest BCUT2D eigenvalue weighted by Gasteiger charge is 2.25. The third-order valence-corrected chi connectivity index (χ3v) is 4.92. The van der Waals surface area contributed by atoms with Crippen LogP contribution in [0.3, 0.4) is 0 Å². The minimum atomic E-state index is -3.62. The van der Waals surface area contributed by atoms with Gasteiger partial charge < -0.3 is 10.1 Å². The second kappa shape index (κ2) is 7.44. The number of carboxylic acids is 1. The molecule has 7 heteroatoms. The predicted octanol–water partition coefficient (Wildman–Crippen LogP) is 2.30. The largest absolute Gasteiger partial charge is 0.477 e. The maximum absolute atomic E-state index is 12.5. The Morgan fingerprint density at radius 1 is 1.25 bits per heavy atom. The summed E-state index contributed by atoms with van der Waals surface area (Å²) in [4.78, 5) is 13.3. The number of nitrogens with one attached hydrogen (secondary N) is 1. The standard InChI is InChI=1S/C13H22N2O4S/c1-3-5-7-15(8-6-4-2)20(18,19)11-9-12(13(16)17)14-10-11/h9-10,14H,3-8H2,1-2H3,(H,16,17). The number of unbranched alkanes of at least 4 members (excludes halogenated alkanes) is 2. The predicted molar refractivity (Wildman–Crippen MR) is 76.3 cm³/mol. The minimum Gasteiger partial charge on any atom is -0.477 e. The molecule has 0 aliphatic carbocycles. The van der Waals surface area contributed by atoms with E-state index in [9.17, 15) is 13.2 Å². The van der Waals surface area contributed by atoms with Crippen LogP contribution in [0.1, 0.15) is 50.0 Å². The second-order valence-corrected chi connectivity index (χ2v) is 6.60. The van der Waals surface area contributed by atoms with Gasteiger partial charge in [0, 0.05) is 19.3 Å². The molecule has 0 radical (unpaired) electrons. The summed E-state index contributed by atoms with van der Waals surface area (Å²) < 4.78 is 26.4. The van der Waals surface area contributed by atoms with Gasteiger partial charge in [-0.1, -0.05) is 26.7 Å². The highest BCUT2D eigenvalue weighted by molar-refractivity contribution is 7.89. The quantitative estimate of drug-likeness (QED) is 0.732. The van der Waals surface area contributed by atoms with Crippen molar-refractivity contribution in [1.82, 2.24) is 9.29 Å². The first-order chi connectivity index (χ1) is 9.43. The third-order valence-electron chi connectivity index (χ3n) is 3.05. The maximum Gasteiger partial charge on any atom is 0.352 e. The van der Waals surface area contributed by atoms with Crippen LogP contribution in [-0.4, -0.2) is 41.9 Å². The number of rotatable bonds is 9. The van der Waals surface area contributed by atoms with Gasteiger partial charge in [0.1, 0.15) is 10.6 Å². The number of hydrogen-bond acceptors (Lipinski definition) is 3. The van der Waals surface area contributed by atoms with Crippen molar-refractivity contribution in [3.63, 3.8) is 0 Å². The average molecular weight is 302 g/mol.